The topological polar surface area (TPSA) is 67.6 Å². The maximum Gasteiger partial charge on any atom is 0.410 e. The average molecular weight is 410 g/mol. The molecular weight excluding hydrogens is 378 g/mol. The zero-order valence-corrected chi connectivity index (χ0v) is 18.0. The number of hydrogen-bond donors (Lipinski definition) is 1. The summed E-state index contributed by atoms with van der Waals surface area (Å²) >= 11 is 0. The number of nitrogens with zero attached hydrogens (tertiary/aromatic N) is 3. The number of rotatable bonds is 1. The molecule has 2 fully saturated rings. The predicted molar refractivity (Wildman–Crippen MR) is 114 cm³/mol. The fourth-order valence-corrected chi connectivity index (χ4v) is 5.86. The van der Waals surface area contributed by atoms with Crippen molar-refractivity contribution in [3.63, 3.8) is 0 Å². The standard InChI is InChI=1S/C24H31N3O3/c1-23(2,3)30-22(29)26-12-10-24(11-13-26)9-8-18(21(24)28)20-17-7-5-4-6-16(17)19-14-25-15-27(19)20/h4-7,14-15,18,20-21,28H,8-13H2,1-3H3/t18-,20-,21-/m0/s1. The molecule has 160 valence electrons. The zero-order valence-electron chi connectivity index (χ0n) is 18.0. The van der Waals surface area contributed by atoms with Crippen molar-refractivity contribution >= 4 is 6.09 Å². The van der Waals surface area contributed by atoms with Crippen molar-refractivity contribution in [1.82, 2.24) is 14.5 Å². The molecule has 0 unspecified atom stereocenters. The van der Waals surface area contributed by atoms with E-state index in [4.69, 9.17) is 4.74 Å². The lowest BCUT2D eigenvalue weighted by molar-refractivity contribution is -0.0341. The summed E-state index contributed by atoms with van der Waals surface area (Å²) in [5.41, 5.74) is 3.07. The van der Waals surface area contributed by atoms with E-state index in [-0.39, 0.29) is 29.6 Å². The second-order valence-corrected chi connectivity index (χ2v) is 10.2. The molecule has 1 saturated heterocycles. The molecule has 1 aromatic carbocycles. The Hall–Kier alpha value is -2.34. The lowest BCUT2D eigenvalue weighted by Crippen LogP contribution is -2.48. The predicted octanol–water partition coefficient (Wildman–Crippen LogP) is 4.24. The van der Waals surface area contributed by atoms with E-state index in [9.17, 15) is 9.90 Å². The van der Waals surface area contributed by atoms with Gasteiger partial charge in [-0.2, -0.15) is 0 Å². The summed E-state index contributed by atoms with van der Waals surface area (Å²) in [5, 5.41) is 11.6. The summed E-state index contributed by atoms with van der Waals surface area (Å²) in [6.07, 6.45) is 6.86. The fourth-order valence-electron chi connectivity index (χ4n) is 5.86. The summed E-state index contributed by atoms with van der Waals surface area (Å²) in [6.45, 7) is 6.98. The molecule has 30 heavy (non-hydrogen) atoms. The van der Waals surface area contributed by atoms with Crippen LogP contribution >= 0.6 is 0 Å². The Morgan fingerprint density at radius 2 is 1.93 bits per heavy atom. The Bertz CT molecular complexity index is 953. The first-order valence-corrected chi connectivity index (χ1v) is 11.1. The number of imidazole rings is 1. The summed E-state index contributed by atoms with van der Waals surface area (Å²) in [5.74, 6) is 0.162. The summed E-state index contributed by atoms with van der Waals surface area (Å²) in [7, 11) is 0. The lowest BCUT2D eigenvalue weighted by atomic mass is 9.73. The highest BCUT2D eigenvalue weighted by Crippen LogP contribution is 2.55. The van der Waals surface area contributed by atoms with Gasteiger partial charge in [0.2, 0.25) is 0 Å². The number of piperidine rings is 1. The minimum Gasteiger partial charge on any atom is -0.444 e. The first kappa shape index (κ1) is 19.6. The molecule has 1 saturated carbocycles. The zero-order chi connectivity index (χ0) is 21.1. The first-order valence-electron chi connectivity index (χ1n) is 11.1. The number of fused-ring (bicyclic) bond motifs is 3. The van der Waals surface area contributed by atoms with Crippen LogP contribution in [0, 0.1) is 11.3 Å². The van der Waals surface area contributed by atoms with Crippen LogP contribution in [0.4, 0.5) is 4.79 Å². The van der Waals surface area contributed by atoms with Crippen molar-refractivity contribution in [2.45, 2.75) is 64.2 Å². The van der Waals surface area contributed by atoms with Crippen molar-refractivity contribution in [3.05, 3.63) is 42.4 Å². The summed E-state index contributed by atoms with van der Waals surface area (Å²) in [6, 6.07) is 8.63. The molecular formula is C24H31N3O3. The second-order valence-electron chi connectivity index (χ2n) is 10.2. The first-order chi connectivity index (χ1) is 14.3. The molecule has 1 amide bonds. The van der Waals surface area contributed by atoms with E-state index in [0.717, 1.165) is 31.4 Å². The molecule has 1 N–H and O–H groups in total. The molecule has 3 atom stereocenters. The molecule has 1 spiro atoms. The van der Waals surface area contributed by atoms with E-state index in [1.54, 1.807) is 4.90 Å². The van der Waals surface area contributed by atoms with Crippen molar-refractivity contribution < 1.29 is 14.6 Å². The maximum absolute atomic E-state index is 12.4. The monoisotopic (exact) mass is 409 g/mol. The van der Waals surface area contributed by atoms with Crippen LogP contribution in [0.3, 0.4) is 0 Å². The largest absolute Gasteiger partial charge is 0.444 e. The minimum absolute atomic E-state index is 0.110. The van der Waals surface area contributed by atoms with Crippen molar-refractivity contribution in [2.24, 2.45) is 11.3 Å². The molecule has 2 aromatic rings. The molecule has 3 heterocycles. The SMILES string of the molecule is CC(C)(C)OC(=O)N1CCC2(CC[C@@H]([C@@H]3c4ccccc4-c4cncn43)[C@@H]2O)CC1. The van der Waals surface area contributed by atoms with E-state index >= 15 is 0 Å². The van der Waals surface area contributed by atoms with E-state index in [0.29, 0.717) is 13.1 Å². The Balaban J connectivity index is 1.34. The third-order valence-corrected chi connectivity index (χ3v) is 7.35. The summed E-state index contributed by atoms with van der Waals surface area (Å²) < 4.78 is 7.78. The molecule has 2 aliphatic heterocycles. The molecule has 0 bridgehead atoms. The van der Waals surface area contributed by atoms with Gasteiger partial charge < -0.3 is 19.3 Å². The number of amides is 1. The molecule has 0 radical (unpaired) electrons. The molecule has 1 aromatic heterocycles. The Labute approximate surface area is 177 Å². The van der Waals surface area contributed by atoms with Crippen LogP contribution in [0.5, 0.6) is 0 Å². The van der Waals surface area contributed by atoms with Gasteiger partial charge >= 0.3 is 6.09 Å². The molecule has 1 aliphatic carbocycles. The number of carbonyl (C=O) groups is 1. The normalized spacial score (nSPS) is 27.2. The number of likely N-dealkylation sites (tertiary alicyclic amines) is 1. The van der Waals surface area contributed by atoms with Gasteiger partial charge in [0.05, 0.1) is 30.4 Å². The lowest BCUT2D eigenvalue weighted by Gasteiger charge is -2.43. The Morgan fingerprint density at radius 3 is 2.67 bits per heavy atom. The van der Waals surface area contributed by atoms with Gasteiger partial charge in [-0.3, -0.25) is 0 Å². The van der Waals surface area contributed by atoms with Gasteiger partial charge in [-0.25, -0.2) is 9.78 Å². The highest BCUT2D eigenvalue weighted by molar-refractivity contribution is 5.69. The minimum atomic E-state index is -0.484. The smallest absolute Gasteiger partial charge is 0.410 e. The van der Waals surface area contributed by atoms with Gasteiger partial charge in [-0.05, 0) is 52.0 Å². The van der Waals surface area contributed by atoms with Crippen LogP contribution in [0.1, 0.15) is 58.1 Å². The van der Waals surface area contributed by atoms with Gasteiger partial charge in [0.1, 0.15) is 5.60 Å². The second kappa shape index (κ2) is 6.84. The van der Waals surface area contributed by atoms with E-state index in [1.807, 2.05) is 33.3 Å². The third-order valence-electron chi connectivity index (χ3n) is 7.35. The number of carbonyl (C=O) groups excluding carboxylic acids is 1. The summed E-state index contributed by atoms with van der Waals surface area (Å²) in [4.78, 5) is 18.6. The number of benzene rings is 1. The fraction of sp³-hybridized carbons (Fsp3) is 0.583. The highest BCUT2D eigenvalue weighted by atomic mass is 16.6. The van der Waals surface area contributed by atoms with Crippen LogP contribution in [0.15, 0.2) is 36.8 Å². The van der Waals surface area contributed by atoms with Gasteiger partial charge in [0.15, 0.2) is 0 Å². The molecule has 3 aliphatic rings. The van der Waals surface area contributed by atoms with Gasteiger partial charge in [0.25, 0.3) is 0 Å². The number of aliphatic hydroxyl groups is 1. The van der Waals surface area contributed by atoms with Crippen LogP contribution in [0.25, 0.3) is 11.3 Å². The van der Waals surface area contributed by atoms with Gasteiger partial charge in [0, 0.05) is 30.0 Å². The van der Waals surface area contributed by atoms with Gasteiger partial charge in [-0.1, -0.05) is 24.3 Å². The van der Waals surface area contributed by atoms with Gasteiger partial charge in [-0.15, -0.1) is 0 Å². The number of aromatic nitrogens is 2. The number of hydrogen-bond acceptors (Lipinski definition) is 4. The highest BCUT2D eigenvalue weighted by Gasteiger charge is 2.53. The van der Waals surface area contributed by atoms with Crippen LogP contribution in [-0.2, 0) is 4.74 Å². The molecule has 5 rings (SSSR count). The van der Waals surface area contributed by atoms with Crippen LogP contribution in [-0.4, -0.2) is 50.4 Å². The van der Waals surface area contributed by atoms with Crippen LogP contribution in [0.2, 0.25) is 0 Å². The number of aliphatic hydroxyl groups excluding tert-OH is 1. The molecule has 6 nitrogen and oxygen atoms in total. The van der Waals surface area contributed by atoms with E-state index in [2.05, 4.69) is 33.8 Å². The maximum atomic E-state index is 12.4. The van der Waals surface area contributed by atoms with E-state index in [1.165, 1.54) is 11.1 Å². The van der Waals surface area contributed by atoms with Crippen molar-refractivity contribution in [1.29, 1.82) is 0 Å². The third kappa shape index (κ3) is 3.04. The quantitative estimate of drug-likeness (QED) is 0.765. The van der Waals surface area contributed by atoms with Crippen LogP contribution < -0.4 is 0 Å². The van der Waals surface area contributed by atoms with E-state index < -0.39 is 5.60 Å². The Kier molecular flexibility index (Phi) is 4.47. The average Bonchev–Trinajstić information content (AvgIpc) is 3.36. The van der Waals surface area contributed by atoms with Crippen molar-refractivity contribution in [2.75, 3.05) is 13.1 Å². The van der Waals surface area contributed by atoms with Crippen molar-refractivity contribution in [3.8, 4) is 11.3 Å². The molecule has 6 heteroatoms. The Morgan fingerprint density at radius 1 is 1.20 bits per heavy atom. The number of ether oxygens (including phenoxy) is 1.